The first-order valence-corrected chi connectivity index (χ1v) is 12.4. The van der Waals surface area contributed by atoms with Crippen LogP contribution in [0.15, 0.2) is 53.8 Å². The van der Waals surface area contributed by atoms with Gasteiger partial charge in [0.2, 0.25) is 0 Å². The number of aromatic nitrogens is 3. The van der Waals surface area contributed by atoms with E-state index >= 15 is 0 Å². The second-order valence-electron chi connectivity index (χ2n) is 8.77. The van der Waals surface area contributed by atoms with Crippen LogP contribution in [0.5, 0.6) is 5.75 Å². The molecule has 0 atom stereocenters. The minimum absolute atomic E-state index is 0.779. The Morgan fingerprint density at radius 3 is 2.75 bits per heavy atom. The monoisotopic (exact) mass is 446 g/mol. The molecule has 0 radical (unpaired) electrons. The molecule has 0 unspecified atom stereocenters. The number of nitrogens with zero attached hydrogens (tertiary/aromatic N) is 3. The molecule has 166 valence electrons. The van der Waals surface area contributed by atoms with Crippen molar-refractivity contribution in [3.8, 4) is 17.0 Å². The Labute approximate surface area is 193 Å². The summed E-state index contributed by atoms with van der Waals surface area (Å²) in [7, 11) is 1.74. The first-order chi connectivity index (χ1) is 15.6. The topological polar surface area (TPSA) is 45.6 Å². The van der Waals surface area contributed by atoms with E-state index in [1.165, 1.54) is 35.2 Å². The molecule has 1 saturated carbocycles. The smallest absolute Gasteiger partial charge is 0.142 e. The highest BCUT2D eigenvalue weighted by Crippen LogP contribution is 2.41. The third kappa shape index (κ3) is 3.88. The molecule has 4 aromatic rings. The first kappa shape index (κ1) is 21.0. The van der Waals surface area contributed by atoms with Crippen LogP contribution in [0.25, 0.3) is 16.8 Å². The van der Waals surface area contributed by atoms with Crippen LogP contribution in [0.4, 0.5) is 5.69 Å². The number of ether oxygens (including phenoxy) is 1. The normalized spacial score (nSPS) is 13.6. The summed E-state index contributed by atoms with van der Waals surface area (Å²) in [5.41, 5.74) is 8.23. The summed E-state index contributed by atoms with van der Waals surface area (Å²) >= 11 is 1.72. The molecule has 1 aliphatic carbocycles. The van der Waals surface area contributed by atoms with E-state index in [1.807, 2.05) is 6.20 Å². The van der Waals surface area contributed by atoms with E-state index in [0.717, 1.165) is 46.6 Å². The van der Waals surface area contributed by atoms with Crippen LogP contribution in [0.1, 0.15) is 29.5 Å². The molecular formula is C26H30N4OS. The molecule has 5 rings (SSSR count). The third-order valence-corrected chi connectivity index (χ3v) is 6.90. The van der Waals surface area contributed by atoms with Gasteiger partial charge in [-0.3, -0.25) is 0 Å². The summed E-state index contributed by atoms with van der Waals surface area (Å²) in [6.07, 6.45) is 8.86. The Hall–Kier alpha value is -2.86. The molecule has 0 spiro atoms. The van der Waals surface area contributed by atoms with Gasteiger partial charge in [-0.05, 0) is 79.8 Å². The van der Waals surface area contributed by atoms with Crippen molar-refractivity contribution >= 4 is 23.0 Å². The number of H-pyrrole nitrogens is 1. The van der Waals surface area contributed by atoms with Crippen molar-refractivity contribution in [3.63, 3.8) is 0 Å². The lowest BCUT2D eigenvalue weighted by Gasteiger charge is -2.24. The van der Waals surface area contributed by atoms with Gasteiger partial charge in [0.15, 0.2) is 0 Å². The van der Waals surface area contributed by atoms with Crippen LogP contribution in [0.2, 0.25) is 0 Å². The lowest BCUT2D eigenvalue weighted by molar-refractivity contribution is 0.415. The molecule has 1 N–H and O–H groups in total. The number of thioether (sulfide) groups is 1. The number of benzene rings is 1. The predicted octanol–water partition coefficient (Wildman–Crippen LogP) is 6.09. The van der Waals surface area contributed by atoms with Crippen LogP contribution >= 0.6 is 11.8 Å². The van der Waals surface area contributed by atoms with Gasteiger partial charge in [-0.2, -0.15) is 5.10 Å². The minimum atomic E-state index is 0.779. The molecule has 6 heteroatoms. The summed E-state index contributed by atoms with van der Waals surface area (Å²) in [5.74, 6) is 1.67. The van der Waals surface area contributed by atoms with E-state index in [-0.39, 0.29) is 0 Å². The average Bonchev–Trinajstić information content (AvgIpc) is 3.29. The predicted molar refractivity (Wildman–Crippen MR) is 133 cm³/mol. The largest absolute Gasteiger partial charge is 0.496 e. The first-order valence-electron chi connectivity index (χ1n) is 11.2. The van der Waals surface area contributed by atoms with Crippen molar-refractivity contribution in [3.05, 3.63) is 65.5 Å². The molecule has 3 heterocycles. The zero-order valence-corrected chi connectivity index (χ0v) is 20.0. The van der Waals surface area contributed by atoms with Crippen molar-refractivity contribution in [1.29, 1.82) is 0 Å². The summed E-state index contributed by atoms with van der Waals surface area (Å²) in [5, 5.41) is 6.17. The van der Waals surface area contributed by atoms with Crippen molar-refractivity contribution in [1.82, 2.24) is 14.6 Å². The molecule has 1 aliphatic rings. The highest BCUT2D eigenvalue weighted by Gasteiger charge is 2.28. The van der Waals surface area contributed by atoms with E-state index < -0.39 is 0 Å². The van der Waals surface area contributed by atoms with Gasteiger partial charge in [0, 0.05) is 31.0 Å². The maximum atomic E-state index is 5.79. The maximum absolute atomic E-state index is 5.79. The number of methoxy groups -OCH3 is 1. The van der Waals surface area contributed by atoms with Gasteiger partial charge < -0.3 is 14.6 Å². The van der Waals surface area contributed by atoms with Gasteiger partial charge in [0.1, 0.15) is 10.8 Å². The Morgan fingerprint density at radius 1 is 1.22 bits per heavy atom. The van der Waals surface area contributed by atoms with Crippen LogP contribution in [-0.2, 0) is 6.54 Å². The molecule has 32 heavy (non-hydrogen) atoms. The molecular weight excluding hydrogens is 416 g/mol. The van der Waals surface area contributed by atoms with Crippen molar-refractivity contribution in [2.75, 3.05) is 24.8 Å². The van der Waals surface area contributed by atoms with E-state index in [0.29, 0.717) is 0 Å². The van der Waals surface area contributed by atoms with Crippen molar-refractivity contribution < 1.29 is 4.74 Å². The number of hydrogen-bond donors (Lipinski definition) is 1. The number of fused-ring (bicyclic) bond motifs is 1. The van der Waals surface area contributed by atoms with E-state index in [4.69, 9.17) is 9.84 Å². The molecule has 0 aliphatic heterocycles. The lowest BCUT2D eigenvalue weighted by atomic mass is 10.0. The number of rotatable bonds is 8. The molecule has 3 aromatic heterocycles. The number of pyridine rings is 1. The molecule has 0 amide bonds. The van der Waals surface area contributed by atoms with Gasteiger partial charge in [-0.1, -0.05) is 12.1 Å². The van der Waals surface area contributed by atoms with Crippen LogP contribution in [-0.4, -0.2) is 34.5 Å². The number of aryl methyl sites for hydroxylation is 2. The molecule has 1 fully saturated rings. The van der Waals surface area contributed by atoms with Crippen molar-refractivity contribution in [2.24, 2.45) is 5.92 Å². The second-order valence-corrected chi connectivity index (χ2v) is 9.56. The number of hydrogen-bond acceptors (Lipinski definition) is 4. The third-order valence-electron chi connectivity index (χ3n) is 6.24. The zero-order chi connectivity index (χ0) is 22.2. The van der Waals surface area contributed by atoms with Crippen LogP contribution in [0, 0.1) is 19.8 Å². The highest BCUT2D eigenvalue weighted by atomic mass is 32.2. The Kier molecular flexibility index (Phi) is 5.64. The van der Waals surface area contributed by atoms with Crippen LogP contribution in [0.3, 0.4) is 0 Å². The van der Waals surface area contributed by atoms with Crippen LogP contribution < -0.4 is 9.64 Å². The van der Waals surface area contributed by atoms with Crippen molar-refractivity contribution in [2.45, 2.75) is 38.3 Å². The summed E-state index contributed by atoms with van der Waals surface area (Å²) in [4.78, 5) is 5.73. The fourth-order valence-corrected chi connectivity index (χ4v) is 5.19. The van der Waals surface area contributed by atoms with E-state index in [9.17, 15) is 0 Å². The SMILES string of the molecule is COc1cc(C)cc(C)c1-c1cccc2c(N(Cc3cc[nH]c3)CC3CC3)c(SC)nn12. The lowest BCUT2D eigenvalue weighted by Crippen LogP contribution is -2.25. The maximum Gasteiger partial charge on any atom is 0.142 e. The standard InChI is InChI=1S/C26H30N4OS/c1-17-12-18(2)24(23(13-17)31-3)21-6-5-7-22-25(26(32-4)28-30(21)22)29(15-19-8-9-19)16-20-10-11-27-14-20/h5-7,10-14,19,27H,8-9,15-16H2,1-4H3. The Bertz CT molecular complexity index is 1240. The zero-order valence-electron chi connectivity index (χ0n) is 19.2. The molecule has 1 aromatic carbocycles. The summed E-state index contributed by atoms with van der Waals surface area (Å²) in [6, 6.07) is 13.0. The minimum Gasteiger partial charge on any atom is -0.496 e. The van der Waals surface area contributed by atoms with E-state index in [2.05, 4.69) is 77.1 Å². The Morgan fingerprint density at radius 2 is 2.06 bits per heavy atom. The molecule has 0 saturated heterocycles. The van der Waals surface area contributed by atoms with E-state index in [1.54, 1.807) is 18.9 Å². The van der Waals surface area contributed by atoms with Gasteiger partial charge >= 0.3 is 0 Å². The average molecular weight is 447 g/mol. The van der Waals surface area contributed by atoms with Gasteiger partial charge in [-0.25, -0.2) is 4.52 Å². The fraction of sp³-hybridized carbons (Fsp3) is 0.346. The van der Waals surface area contributed by atoms with Gasteiger partial charge in [0.05, 0.1) is 24.0 Å². The number of nitrogens with one attached hydrogen (secondary N) is 1. The van der Waals surface area contributed by atoms with Gasteiger partial charge in [-0.15, -0.1) is 11.8 Å². The Balaban J connectivity index is 1.68. The second kappa shape index (κ2) is 8.58. The van der Waals surface area contributed by atoms with Gasteiger partial charge in [0.25, 0.3) is 0 Å². The summed E-state index contributed by atoms with van der Waals surface area (Å²) in [6.45, 7) is 6.20. The highest BCUT2D eigenvalue weighted by molar-refractivity contribution is 7.98. The number of aromatic amines is 1. The quantitative estimate of drug-likeness (QED) is 0.333. The fourth-order valence-electron chi connectivity index (χ4n) is 4.60. The summed E-state index contributed by atoms with van der Waals surface area (Å²) < 4.78 is 7.90. The number of anilines is 1. The molecule has 0 bridgehead atoms. The molecule has 5 nitrogen and oxygen atoms in total.